The zero-order valence-corrected chi connectivity index (χ0v) is 17.4. The first-order valence-electron chi connectivity index (χ1n) is 9.41. The maximum absolute atomic E-state index is 13.0. The summed E-state index contributed by atoms with van der Waals surface area (Å²) < 4.78 is 10.7. The molecule has 3 aromatic rings. The molecule has 1 aliphatic rings. The topological polar surface area (TPSA) is 93.3 Å². The molecular formula is C22H21N3O4S. The van der Waals surface area contributed by atoms with Gasteiger partial charge in [0.1, 0.15) is 17.3 Å². The molecule has 2 aromatic carbocycles. The number of hydrogen-bond donors (Lipinski definition) is 2. The van der Waals surface area contributed by atoms with Crippen molar-refractivity contribution in [3.8, 4) is 11.5 Å². The molecule has 0 fully saturated rings. The van der Waals surface area contributed by atoms with Gasteiger partial charge in [-0.15, -0.1) is 0 Å². The smallest absolute Gasteiger partial charge is 0.257 e. The highest BCUT2D eigenvalue weighted by atomic mass is 32.2. The van der Waals surface area contributed by atoms with Crippen molar-refractivity contribution in [3.05, 3.63) is 75.6 Å². The van der Waals surface area contributed by atoms with Gasteiger partial charge in [0.25, 0.3) is 5.56 Å². The first-order valence-corrected chi connectivity index (χ1v) is 10.4. The summed E-state index contributed by atoms with van der Waals surface area (Å²) >= 11 is 1.41. The number of H-pyrrole nitrogens is 1. The zero-order valence-electron chi connectivity index (χ0n) is 16.6. The molecule has 1 aromatic heterocycles. The van der Waals surface area contributed by atoms with Crippen LogP contribution in [-0.4, -0.2) is 30.1 Å². The maximum Gasteiger partial charge on any atom is 0.257 e. The minimum Gasteiger partial charge on any atom is -0.497 e. The van der Waals surface area contributed by atoms with Crippen molar-refractivity contribution in [1.82, 2.24) is 9.97 Å². The molecule has 8 heteroatoms. The lowest BCUT2D eigenvalue weighted by molar-refractivity contribution is -0.116. The molecule has 154 valence electrons. The third kappa shape index (κ3) is 4.04. The summed E-state index contributed by atoms with van der Waals surface area (Å²) in [5.41, 5.74) is 2.03. The van der Waals surface area contributed by atoms with Crippen LogP contribution in [0.25, 0.3) is 0 Å². The molecule has 1 aliphatic heterocycles. The van der Waals surface area contributed by atoms with Gasteiger partial charge >= 0.3 is 0 Å². The lowest BCUT2D eigenvalue weighted by Gasteiger charge is -2.26. The number of nitrogens with zero attached hydrogens (tertiary/aromatic N) is 1. The largest absolute Gasteiger partial charge is 0.497 e. The van der Waals surface area contributed by atoms with E-state index in [9.17, 15) is 9.59 Å². The molecule has 0 saturated carbocycles. The fourth-order valence-electron chi connectivity index (χ4n) is 3.52. The highest BCUT2D eigenvalue weighted by molar-refractivity contribution is 7.98. The maximum atomic E-state index is 13.0. The summed E-state index contributed by atoms with van der Waals surface area (Å²) in [6, 6.07) is 15.3. The summed E-state index contributed by atoms with van der Waals surface area (Å²) in [5, 5.41) is 3.21. The van der Waals surface area contributed by atoms with Gasteiger partial charge in [-0.25, -0.2) is 4.98 Å². The van der Waals surface area contributed by atoms with Gasteiger partial charge in [-0.1, -0.05) is 48.2 Å². The first kappa shape index (κ1) is 20.0. The predicted octanol–water partition coefficient (Wildman–Crippen LogP) is 3.55. The Bertz CT molecular complexity index is 1130. The van der Waals surface area contributed by atoms with Crippen LogP contribution < -0.4 is 20.3 Å². The highest BCUT2D eigenvalue weighted by Gasteiger charge is 2.32. The summed E-state index contributed by atoms with van der Waals surface area (Å²) in [7, 11) is 3.12. The van der Waals surface area contributed by atoms with Gasteiger partial charge in [0, 0.05) is 29.7 Å². The standard InChI is InChI=1S/C22H21N3O4S/c1-28-14-8-9-15(17(10-14)29-2)16-11-18(26)23-20-19(16)21(27)25-22(24-20)30-12-13-6-4-3-5-7-13/h3-10,16H,11-12H2,1-2H3,(H2,23,24,25,26,27)/t16-/m1/s1. The number of amides is 1. The molecule has 0 aliphatic carbocycles. The molecule has 30 heavy (non-hydrogen) atoms. The molecule has 0 radical (unpaired) electrons. The number of fused-ring (bicyclic) bond motifs is 1. The van der Waals surface area contributed by atoms with Crippen LogP contribution in [0.5, 0.6) is 11.5 Å². The average Bonchev–Trinajstić information content (AvgIpc) is 2.77. The Morgan fingerprint density at radius 3 is 2.63 bits per heavy atom. The molecule has 0 spiro atoms. The number of anilines is 1. The van der Waals surface area contributed by atoms with Gasteiger partial charge in [-0.05, 0) is 11.6 Å². The summed E-state index contributed by atoms with van der Waals surface area (Å²) in [4.78, 5) is 32.8. The van der Waals surface area contributed by atoms with Gasteiger partial charge in [0.2, 0.25) is 5.91 Å². The van der Waals surface area contributed by atoms with Crippen LogP contribution in [-0.2, 0) is 10.5 Å². The van der Waals surface area contributed by atoms with Crippen LogP contribution in [0.2, 0.25) is 0 Å². The van der Waals surface area contributed by atoms with Crippen LogP contribution in [0, 0.1) is 0 Å². The van der Waals surface area contributed by atoms with E-state index in [0.717, 1.165) is 11.1 Å². The quantitative estimate of drug-likeness (QED) is 0.465. The Labute approximate surface area is 177 Å². The van der Waals surface area contributed by atoms with Gasteiger partial charge in [-0.3, -0.25) is 9.59 Å². The molecule has 0 unspecified atom stereocenters. The van der Waals surface area contributed by atoms with Crippen molar-refractivity contribution in [3.63, 3.8) is 0 Å². The second-order valence-electron chi connectivity index (χ2n) is 6.82. The van der Waals surface area contributed by atoms with E-state index in [1.807, 2.05) is 36.4 Å². The summed E-state index contributed by atoms with van der Waals surface area (Å²) in [5.74, 6) is 1.50. The van der Waals surface area contributed by atoms with E-state index < -0.39 is 5.92 Å². The fraction of sp³-hybridized carbons (Fsp3) is 0.227. The number of carbonyl (C=O) groups is 1. The lowest BCUT2D eigenvalue weighted by Crippen LogP contribution is -2.31. The number of thioether (sulfide) groups is 1. The van der Waals surface area contributed by atoms with Crippen molar-refractivity contribution in [1.29, 1.82) is 0 Å². The number of carbonyl (C=O) groups excluding carboxylic acids is 1. The second-order valence-corrected chi connectivity index (χ2v) is 7.78. The normalized spacial score (nSPS) is 15.3. The van der Waals surface area contributed by atoms with Crippen LogP contribution in [0.15, 0.2) is 58.5 Å². The van der Waals surface area contributed by atoms with Crippen LogP contribution >= 0.6 is 11.8 Å². The Morgan fingerprint density at radius 1 is 1.10 bits per heavy atom. The van der Waals surface area contributed by atoms with Crippen molar-refractivity contribution < 1.29 is 14.3 Å². The number of benzene rings is 2. The number of hydrogen-bond acceptors (Lipinski definition) is 6. The second kappa shape index (κ2) is 8.62. The van der Waals surface area contributed by atoms with Gasteiger partial charge in [0.05, 0.1) is 19.8 Å². The third-order valence-electron chi connectivity index (χ3n) is 4.96. The molecule has 2 N–H and O–H groups in total. The van der Waals surface area contributed by atoms with E-state index >= 15 is 0 Å². The predicted molar refractivity (Wildman–Crippen MR) is 115 cm³/mol. The first-order chi connectivity index (χ1) is 14.6. The van der Waals surface area contributed by atoms with E-state index in [1.54, 1.807) is 26.4 Å². The van der Waals surface area contributed by atoms with Gasteiger partial charge < -0.3 is 19.8 Å². The number of aromatic nitrogens is 2. The van der Waals surface area contributed by atoms with E-state index in [-0.39, 0.29) is 17.9 Å². The number of rotatable bonds is 6. The molecule has 4 rings (SSSR count). The summed E-state index contributed by atoms with van der Waals surface area (Å²) in [6.07, 6.45) is 0.136. The summed E-state index contributed by atoms with van der Waals surface area (Å²) in [6.45, 7) is 0. The number of ether oxygens (including phenoxy) is 2. The van der Waals surface area contributed by atoms with Gasteiger partial charge in [-0.2, -0.15) is 0 Å². The van der Waals surface area contributed by atoms with Crippen molar-refractivity contribution >= 4 is 23.5 Å². The number of methoxy groups -OCH3 is 2. The Balaban J connectivity index is 1.70. The molecule has 2 heterocycles. The van der Waals surface area contributed by atoms with Crippen LogP contribution in [0.3, 0.4) is 0 Å². The lowest BCUT2D eigenvalue weighted by atomic mass is 9.86. The highest BCUT2D eigenvalue weighted by Crippen LogP contribution is 2.40. The number of aromatic amines is 1. The fourth-order valence-corrected chi connectivity index (χ4v) is 4.33. The Kier molecular flexibility index (Phi) is 5.76. The molecule has 1 amide bonds. The van der Waals surface area contributed by atoms with E-state index in [0.29, 0.717) is 33.8 Å². The molecular weight excluding hydrogens is 402 g/mol. The minimum absolute atomic E-state index is 0.136. The SMILES string of the molecule is COc1ccc([C@H]2CC(=O)Nc3nc(SCc4ccccc4)[nH]c(=O)c32)c(OC)c1. The number of nitrogens with one attached hydrogen (secondary N) is 2. The van der Waals surface area contributed by atoms with Gasteiger partial charge in [0.15, 0.2) is 5.16 Å². The zero-order chi connectivity index (χ0) is 21.1. The Hall–Kier alpha value is -3.26. The van der Waals surface area contributed by atoms with Crippen molar-refractivity contribution in [2.75, 3.05) is 19.5 Å². The van der Waals surface area contributed by atoms with Crippen LogP contribution in [0.4, 0.5) is 5.82 Å². The molecule has 1 atom stereocenters. The Morgan fingerprint density at radius 2 is 1.90 bits per heavy atom. The van der Waals surface area contributed by atoms with E-state index in [4.69, 9.17) is 9.47 Å². The van der Waals surface area contributed by atoms with E-state index in [2.05, 4.69) is 15.3 Å². The molecule has 7 nitrogen and oxygen atoms in total. The van der Waals surface area contributed by atoms with Crippen molar-refractivity contribution in [2.24, 2.45) is 0 Å². The van der Waals surface area contributed by atoms with Crippen molar-refractivity contribution in [2.45, 2.75) is 23.2 Å². The molecule has 0 bridgehead atoms. The molecule has 0 saturated heterocycles. The average molecular weight is 423 g/mol. The minimum atomic E-state index is -0.459. The third-order valence-corrected chi connectivity index (χ3v) is 5.91. The van der Waals surface area contributed by atoms with Crippen LogP contribution in [0.1, 0.15) is 29.0 Å². The monoisotopic (exact) mass is 423 g/mol. The van der Waals surface area contributed by atoms with E-state index in [1.165, 1.54) is 11.8 Å².